The van der Waals surface area contributed by atoms with Gasteiger partial charge in [-0.15, -0.1) is 12.4 Å². The normalized spacial score (nSPS) is 22.2. The summed E-state index contributed by atoms with van der Waals surface area (Å²) in [5.41, 5.74) is 1.09. The topological polar surface area (TPSA) is 50.8 Å². The number of amides is 1. The van der Waals surface area contributed by atoms with E-state index in [1.54, 1.807) is 0 Å². The monoisotopic (exact) mass is 352 g/mol. The number of rotatable bonds is 5. The van der Waals surface area contributed by atoms with Gasteiger partial charge in [0.25, 0.3) is 0 Å². The number of halogens is 1. The molecule has 0 aromatic heterocycles. The van der Waals surface area contributed by atoms with Crippen molar-refractivity contribution in [2.45, 2.75) is 31.7 Å². The summed E-state index contributed by atoms with van der Waals surface area (Å²) in [5, 5.41) is 3.31. The highest BCUT2D eigenvalue weighted by Gasteiger charge is 2.33. The van der Waals surface area contributed by atoms with Crippen molar-refractivity contribution in [1.29, 1.82) is 0 Å². The van der Waals surface area contributed by atoms with Crippen LogP contribution in [0.15, 0.2) is 18.2 Å². The molecule has 5 nitrogen and oxygen atoms in total. The molecule has 0 radical (unpaired) electrons. The van der Waals surface area contributed by atoms with Crippen LogP contribution in [-0.4, -0.2) is 43.7 Å². The zero-order valence-electron chi connectivity index (χ0n) is 13.8. The van der Waals surface area contributed by atoms with E-state index in [0.717, 1.165) is 48.9 Å². The van der Waals surface area contributed by atoms with Gasteiger partial charge in [0.1, 0.15) is 13.2 Å². The van der Waals surface area contributed by atoms with Gasteiger partial charge in [0.15, 0.2) is 11.5 Å². The van der Waals surface area contributed by atoms with E-state index >= 15 is 0 Å². The Morgan fingerprint density at radius 2 is 2.04 bits per heavy atom. The van der Waals surface area contributed by atoms with Crippen LogP contribution in [0.2, 0.25) is 0 Å². The van der Waals surface area contributed by atoms with E-state index < -0.39 is 0 Å². The van der Waals surface area contributed by atoms with Crippen molar-refractivity contribution in [2.24, 2.45) is 5.92 Å². The average Bonchev–Trinajstić information content (AvgIpc) is 3.28. The van der Waals surface area contributed by atoms with Gasteiger partial charge in [-0.3, -0.25) is 4.79 Å². The van der Waals surface area contributed by atoms with E-state index in [4.69, 9.17) is 9.47 Å². The van der Waals surface area contributed by atoms with Crippen LogP contribution in [0, 0.1) is 5.92 Å². The molecular weight excluding hydrogens is 328 g/mol. The molecule has 1 N–H and O–H groups in total. The number of fused-ring (bicyclic) bond motifs is 1. The van der Waals surface area contributed by atoms with Gasteiger partial charge in [0, 0.05) is 12.1 Å². The summed E-state index contributed by atoms with van der Waals surface area (Å²) in [4.78, 5) is 14.6. The van der Waals surface area contributed by atoms with E-state index in [9.17, 15) is 4.79 Å². The van der Waals surface area contributed by atoms with Crippen LogP contribution < -0.4 is 14.8 Å². The van der Waals surface area contributed by atoms with Crippen LogP contribution in [0.4, 0.5) is 0 Å². The minimum absolute atomic E-state index is 0. The molecule has 132 valence electrons. The molecule has 24 heavy (non-hydrogen) atoms. The summed E-state index contributed by atoms with van der Waals surface area (Å²) in [6.45, 7) is 3.42. The number of nitrogens with one attached hydrogen (secondary N) is 1. The van der Waals surface area contributed by atoms with Crippen molar-refractivity contribution in [3.05, 3.63) is 23.8 Å². The summed E-state index contributed by atoms with van der Waals surface area (Å²) in [7, 11) is 0. The third kappa shape index (κ3) is 3.62. The van der Waals surface area contributed by atoms with Crippen LogP contribution in [0.1, 0.15) is 37.3 Å². The first-order chi connectivity index (χ1) is 11.3. The quantitative estimate of drug-likeness (QED) is 0.884. The van der Waals surface area contributed by atoms with E-state index in [-0.39, 0.29) is 24.4 Å². The molecule has 3 aliphatic rings. The lowest BCUT2D eigenvalue weighted by Gasteiger charge is -2.29. The Labute approximate surface area is 149 Å². The number of benzene rings is 1. The van der Waals surface area contributed by atoms with Crippen molar-refractivity contribution in [3.8, 4) is 11.5 Å². The van der Waals surface area contributed by atoms with Gasteiger partial charge < -0.3 is 19.7 Å². The Bertz CT molecular complexity index is 592. The minimum atomic E-state index is 0. The zero-order valence-corrected chi connectivity index (χ0v) is 14.6. The number of carbonyl (C=O) groups is 1. The fourth-order valence-corrected chi connectivity index (χ4v) is 3.55. The van der Waals surface area contributed by atoms with Crippen LogP contribution in [0.25, 0.3) is 0 Å². The summed E-state index contributed by atoms with van der Waals surface area (Å²) in [6, 6.07) is 6.12. The van der Waals surface area contributed by atoms with E-state index in [1.165, 1.54) is 12.8 Å². The number of ether oxygens (including phenoxy) is 2. The van der Waals surface area contributed by atoms with Crippen molar-refractivity contribution < 1.29 is 14.3 Å². The highest BCUT2D eigenvalue weighted by molar-refractivity contribution is 5.85. The zero-order chi connectivity index (χ0) is 15.6. The fraction of sp³-hybridized carbons (Fsp3) is 0.611. The van der Waals surface area contributed by atoms with Crippen LogP contribution in [0.3, 0.4) is 0 Å². The van der Waals surface area contributed by atoms with Gasteiger partial charge in [-0.25, -0.2) is 0 Å². The van der Waals surface area contributed by atoms with Crippen LogP contribution >= 0.6 is 12.4 Å². The maximum atomic E-state index is 12.6. The standard InChI is InChI=1S/C18H24N2O3.ClH/c21-17(12-19-11-13-6-7-13)20-8-2-4-15(20)14-3-1-5-16-18(14)23-10-9-22-16;/h1,3,5,13,15,19H,2,4,6-12H2;1H. The largest absolute Gasteiger partial charge is 0.486 e. The Morgan fingerprint density at radius 1 is 1.21 bits per heavy atom. The van der Waals surface area contributed by atoms with Gasteiger partial charge in [-0.1, -0.05) is 12.1 Å². The van der Waals surface area contributed by atoms with E-state index in [1.807, 2.05) is 17.0 Å². The van der Waals surface area contributed by atoms with Crippen LogP contribution in [0.5, 0.6) is 11.5 Å². The molecule has 0 bridgehead atoms. The van der Waals surface area contributed by atoms with E-state index in [2.05, 4.69) is 11.4 Å². The molecule has 1 amide bonds. The predicted octanol–water partition coefficient (Wildman–Crippen LogP) is 2.54. The molecule has 0 spiro atoms. The molecule has 1 saturated carbocycles. The third-order valence-corrected chi connectivity index (χ3v) is 4.93. The Balaban J connectivity index is 0.00000169. The predicted molar refractivity (Wildman–Crippen MR) is 94.0 cm³/mol. The second-order valence-corrected chi connectivity index (χ2v) is 6.69. The lowest BCUT2D eigenvalue weighted by molar-refractivity contribution is -0.131. The van der Waals surface area contributed by atoms with Crippen molar-refractivity contribution >= 4 is 18.3 Å². The van der Waals surface area contributed by atoms with Gasteiger partial charge in [-0.05, 0) is 44.2 Å². The molecule has 1 aliphatic carbocycles. The number of hydrogen-bond donors (Lipinski definition) is 1. The summed E-state index contributed by atoms with van der Waals surface area (Å²) in [6.07, 6.45) is 4.65. The smallest absolute Gasteiger partial charge is 0.237 e. The number of likely N-dealkylation sites (tertiary alicyclic amines) is 1. The third-order valence-electron chi connectivity index (χ3n) is 4.93. The van der Waals surface area contributed by atoms with Gasteiger partial charge >= 0.3 is 0 Å². The molecule has 2 aliphatic heterocycles. The summed E-state index contributed by atoms with van der Waals surface area (Å²) in [5.74, 6) is 2.63. The Kier molecular flexibility index (Phi) is 5.51. The molecule has 1 atom stereocenters. The molecule has 2 heterocycles. The van der Waals surface area contributed by atoms with E-state index in [0.29, 0.717) is 19.8 Å². The number of hydrogen-bond acceptors (Lipinski definition) is 4. The first kappa shape index (κ1) is 17.4. The molecule has 2 fully saturated rings. The highest BCUT2D eigenvalue weighted by atomic mass is 35.5. The SMILES string of the molecule is Cl.O=C(CNCC1CC1)N1CCCC1c1cccc2c1OCCO2. The van der Waals surface area contributed by atoms with Crippen molar-refractivity contribution in [3.63, 3.8) is 0 Å². The molecule has 1 saturated heterocycles. The summed E-state index contributed by atoms with van der Waals surface area (Å²) < 4.78 is 11.5. The van der Waals surface area contributed by atoms with Crippen LogP contribution in [-0.2, 0) is 4.79 Å². The average molecular weight is 353 g/mol. The molecule has 6 heteroatoms. The lowest BCUT2D eigenvalue weighted by Crippen LogP contribution is -2.38. The van der Waals surface area contributed by atoms with Crippen molar-refractivity contribution in [1.82, 2.24) is 10.2 Å². The maximum Gasteiger partial charge on any atom is 0.237 e. The second kappa shape index (κ2) is 7.62. The number of para-hydroxylation sites is 1. The molecule has 1 unspecified atom stereocenters. The molecule has 1 aromatic carbocycles. The van der Waals surface area contributed by atoms with Gasteiger partial charge in [0.05, 0.1) is 12.6 Å². The maximum absolute atomic E-state index is 12.6. The number of carbonyl (C=O) groups excluding carboxylic acids is 1. The first-order valence-electron chi connectivity index (χ1n) is 8.71. The second-order valence-electron chi connectivity index (χ2n) is 6.69. The Morgan fingerprint density at radius 3 is 2.88 bits per heavy atom. The number of nitrogens with zero attached hydrogens (tertiary/aromatic N) is 1. The first-order valence-corrected chi connectivity index (χ1v) is 8.71. The van der Waals surface area contributed by atoms with Gasteiger partial charge in [0.2, 0.25) is 5.91 Å². The summed E-state index contributed by atoms with van der Waals surface area (Å²) >= 11 is 0. The van der Waals surface area contributed by atoms with Crippen molar-refractivity contribution in [2.75, 3.05) is 32.8 Å². The minimum Gasteiger partial charge on any atom is -0.486 e. The van der Waals surface area contributed by atoms with Gasteiger partial charge in [-0.2, -0.15) is 0 Å². The fourth-order valence-electron chi connectivity index (χ4n) is 3.55. The molecular formula is C18H25ClN2O3. The highest BCUT2D eigenvalue weighted by Crippen LogP contribution is 2.42. The Hall–Kier alpha value is -1.46. The lowest BCUT2D eigenvalue weighted by atomic mass is 10.0. The molecule has 4 rings (SSSR count). The molecule has 1 aromatic rings.